The smallest absolute Gasteiger partial charge is 0.227 e. The Bertz CT molecular complexity index is 797. The Hall–Kier alpha value is -2.82. The van der Waals surface area contributed by atoms with Crippen molar-refractivity contribution in [2.75, 3.05) is 28.6 Å². The lowest BCUT2D eigenvalue weighted by Crippen LogP contribution is -2.30. The molecular formula is C22H27N3O2. The third kappa shape index (κ3) is 4.67. The van der Waals surface area contributed by atoms with E-state index in [0.717, 1.165) is 35.7 Å². The number of carbonyl (C=O) groups is 2. The zero-order valence-electron chi connectivity index (χ0n) is 16.0. The number of benzene rings is 2. The van der Waals surface area contributed by atoms with E-state index in [1.54, 1.807) is 0 Å². The van der Waals surface area contributed by atoms with Crippen LogP contribution >= 0.6 is 0 Å². The van der Waals surface area contributed by atoms with Crippen LogP contribution in [0.5, 0.6) is 0 Å². The van der Waals surface area contributed by atoms with Crippen LogP contribution in [0, 0.1) is 5.92 Å². The van der Waals surface area contributed by atoms with Crippen molar-refractivity contribution in [2.24, 2.45) is 5.92 Å². The summed E-state index contributed by atoms with van der Waals surface area (Å²) in [6.07, 6.45) is 1.56. The largest absolute Gasteiger partial charge is 0.372 e. The van der Waals surface area contributed by atoms with Crippen molar-refractivity contribution in [2.45, 2.75) is 33.1 Å². The van der Waals surface area contributed by atoms with Crippen molar-refractivity contribution in [3.05, 3.63) is 54.1 Å². The maximum absolute atomic E-state index is 12.3. The number of anilines is 3. The van der Waals surface area contributed by atoms with Crippen molar-refractivity contribution in [3.63, 3.8) is 0 Å². The van der Waals surface area contributed by atoms with E-state index in [-0.39, 0.29) is 17.7 Å². The maximum atomic E-state index is 12.3. The number of nitrogens with zero attached hydrogens (tertiary/aromatic N) is 1. The van der Waals surface area contributed by atoms with Crippen LogP contribution in [0.4, 0.5) is 17.1 Å². The van der Waals surface area contributed by atoms with E-state index < -0.39 is 0 Å². The lowest BCUT2D eigenvalue weighted by Gasteiger charge is -2.24. The molecule has 27 heavy (non-hydrogen) atoms. The van der Waals surface area contributed by atoms with Gasteiger partial charge in [0, 0.05) is 42.5 Å². The predicted molar refractivity (Wildman–Crippen MR) is 110 cm³/mol. The molecule has 1 heterocycles. The van der Waals surface area contributed by atoms with Crippen molar-refractivity contribution < 1.29 is 9.59 Å². The van der Waals surface area contributed by atoms with E-state index in [1.807, 2.05) is 48.5 Å². The fraction of sp³-hybridized carbons (Fsp3) is 0.364. The Morgan fingerprint density at radius 1 is 1.11 bits per heavy atom. The molecule has 0 bridgehead atoms. The summed E-state index contributed by atoms with van der Waals surface area (Å²) in [5, 5.41) is 5.86. The van der Waals surface area contributed by atoms with Crippen LogP contribution in [0.15, 0.2) is 48.5 Å². The Morgan fingerprint density at radius 2 is 1.81 bits per heavy atom. The highest BCUT2D eigenvalue weighted by Crippen LogP contribution is 2.27. The van der Waals surface area contributed by atoms with Crippen LogP contribution < -0.4 is 15.5 Å². The number of hydrogen-bond donors (Lipinski definition) is 2. The van der Waals surface area contributed by atoms with Gasteiger partial charge in [-0.05, 0) is 62.6 Å². The summed E-state index contributed by atoms with van der Waals surface area (Å²) in [6, 6.07) is 15.7. The average molecular weight is 365 g/mol. The van der Waals surface area contributed by atoms with E-state index in [2.05, 4.69) is 29.4 Å². The van der Waals surface area contributed by atoms with Gasteiger partial charge < -0.3 is 15.5 Å². The summed E-state index contributed by atoms with van der Waals surface area (Å²) in [4.78, 5) is 26.8. The summed E-state index contributed by atoms with van der Waals surface area (Å²) in [7, 11) is 0. The van der Waals surface area contributed by atoms with Crippen molar-refractivity contribution in [1.82, 2.24) is 0 Å². The van der Waals surface area contributed by atoms with Gasteiger partial charge in [-0.2, -0.15) is 0 Å². The first-order chi connectivity index (χ1) is 13.1. The molecule has 2 aromatic rings. The molecule has 5 heteroatoms. The van der Waals surface area contributed by atoms with Gasteiger partial charge in [0.05, 0.1) is 0 Å². The molecule has 0 aliphatic carbocycles. The molecule has 2 amide bonds. The number of hydrogen-bond acceptors (Lipinski definition) is 3. The molecule has 1 unspecified atom stereocenters. The van der Waals surface area contributed by atoms with Crippen LogP contribution in [0.2, 0.25) is 0 Å². The molecule has 2 aromatic carbocycles. The van der Waals surface area contributed by atoms with E-state index in [4.69, 9.17) is 0 Å². The molecule has 1 atom stereocenters. The topological polar surface area (TPSA) is 61.4 Å². The number of amides is 2. The van der Waals surface area contributed by atoms with Gasteiger partial charge in [-0.15, -0.1) is 0 Å². The van der Waals surface area contributed by atoms with Gasteiger partial charge in [-0.1, -0.05) is 18.2 Å². The molecular weight excluding hydrogens is 338 g/mol. The minimum Gasteiger partial charge on any atom is -0.372 e. The maximum Gasteiger partial charge on any atom is 0.227 e. The summed E-state index contributed by atoms with van der Waals surface area (Å²) in [6.45, 7) is 6.15. The average Bonchev–Trinajstić information content (AvgIpc) is 2.68. The first kappa shape index (κ1) is 19.0. The summed E-state index contributed by atoms with van der Waals surface area (Å²) < 4.78 is 0. The normalized spacial score (nSPS) is 15.6. The molecule has 1 aliphatic rings. The highest BCUT2D eigenvalue weighted by Gasteiger charge is 2.26. The molecule has 2 N–H and O–H groups in total. The fourth-order valence-electron chi connectivity index (χ4n) is 3.52. The molecule has 0 aromatic heterocycles. The molecule has 142 valence electrons. The first-order valence-corrected chi connectivity index (χ1v) is 9.64. The van der Waals surface area contributed by atoms with Gasteiger partial charge in [0.1, 0.15) is 0 Å². The highest BCUT2D eigenvalue weighted by atomic mass is 16.2. The second-order valence-electron chi connectivity index (χ2n) is 6.85. The van der Waals surface area contributed by atoms with Crippen LogP contribution in [0.1, 0.15) is 32.3 Å². The van der Waals surface area contributed by atoms with E-state index in [1.165, 1.54) is 0 Å². The minimum absolute atomic E-state index is 0.00470. The van der Waals surface area contributed by atoms with Crippen LogP contribution in [0.25, 0.3) is 0 Å². The summed E-state index contributed by atoms with van der Waals surface area (Å²) >= 11 is 0. The van der Waals surface area contributed by atoms with E-state index in [9.17, 15) is 9.59 Å². The molecule has 0 fully saturated rings. The van der Waals surface area contributed by atoms with E-state index in [0.29, 0.717) is 19.3 Å². The minimum atomic E-state index is -0.157. The SMILES string of the molecule is CCN(CC)c1ccc(NC(=O)CCC2Cc3ccccc3NC2=O)cc1. The number of rotatable bonds is 7. The monoisotopic (exact) mass is 365 g/mol. The third-order valence-electron chi connectivity index (χ3n) is 5.11. The molecule has 3 rings (SSSR count). The number of para-hydroxylation sites is 1. The molecule has 0 radical (unpaired) electrons. The summed E-state index contributed by atoms with van der Waals surface area (Å²) in [5.41, 5.74) is 3.95. The highest BCUT2D eigenvalue weighted by molar-refractivity contribution is 5.96. The molecule has 0 saturated heterocycles. The Labute approximate surface area is 160 Å². The quantitative estimate of drug-likeness (QED) is 0.778. The van der Waals surface area contributed by atoms with Gasteiger partial charge in [0.25, 0.3) is 0 Å². The number of fused-ring (bicyclic) bond motifs is 1. The van der Waals surface area contributed by atoms with Gasteiger partial charge in [0.15, 0.2) is 0 Å². The zero-order valence-corrected chi connectivity index (χ0v) is 16.0. The second kappa shape index (κ2) is 8.71. The Kier molecular flexibility index (Phi) is 6.12. The lowest BCUT2D eigenvalue weighted by molar-refractivity contribution is -0.121. The van der Waals surface area contributed by atoms with Crippen molar-refractivity contribution in [3.8, 4) is 0 Å². The number of nitrogens with one attached hydrogen (secondary N) is 2. The Balaban J connectivity index is 1.52. The first-order valence-electron chi connectivity index (χ1n) is 9.64. The standard InChI is InChI=1S/C22H27N3O2/c1-3-25(4-2)19-12-10-18(11-13-19)23-21(26)14-9-17-15-16-7-5-6-8-20(16)24-22(17)27/h5-8,10-13,17H,3-4,9,14-15H2,1-2H3,(H,23,26)(H,24,27). The van der Waals surface area contributed by atoms with Crippen molar-refractivity contribution >= 4 is 28.9 Å². The van der Waals surface area contributed by atoms with Crippen LogP contribution in [-0.2, 0) is 16.0 Å². The fourth-order valence-corrected chi connectivity index (χ4v) is 3.52. The zero-order chi connectivity index (χ0) is 19.2. The lowest BCUT2D eigenvalue weighted by atomic mass is 9.89. The molecule has 0 spiro atoms. The van der Waals surface area contributed by atoms with Gasteiger partial charge in [-0.25, -0.2) is 0 Å². The van der Waals surface area contributed by atoms with Crippen LogP contribution in [0.3, 0.4) is 0 Å². The predicted octanol–water partition coefficient (Wildman–Crippen LogP) is 4.06. The Morgan fingerprint density at radius 3 is 2.52 bits per heavy atom. The van der Waals surface area contributed by atoms with Gasteiger partial charge >= 0.3 is 0 Å². The van der Waals surface area contributed by atoms with Gasteiger partial charge in [-0.3, -0.25) is 9.59 Å². The van der Waals surface area contributed by atoms with Gasteiger partial charge in [0.2, 0.25) is 11.8 Å². The van der Waals surface area contributed by atoms with E-state index >= 15 is 0 Å². The summed E-state index contributed by atoms with van der Waals surface area (Å²) in [5.74, 6) is -0.210. The molecule has 1 aliphatic heterocycles. The number of carbonyl (C=O) groups excluding carboxylic acids is 2. The third-order valence-corrected chi connectivity index (χ3v) is 5.11. The van der Waals surface area contributed by atoms with Crippen LogP contribution in [-0.4, -0.2) is 24.9 Å². The molecule has 5 nitrogen and oxygen atoms in total. The molecule has 0 saturated carbocycles. The second-order valence-corrected chi connectivity index (χ2v) is 6.85. The van der Waals surface area contributed by atoms with Crippen molar-refractivity contribution in [1.29, 1.82) is 0 Å².